The summed E-state index contributed by atoms with van der Waals surface area (Å²) < 4.78 is 46.7. The molecular formula is C18H17F3N2O4S. The molecule has 6 nitrogen and oxygen atoms in total. The summed E-state index contributed by atoms with van der Waals surface area (Å²) in [5.74, 6) is -2.61. The number of carbonyl (C=O) groups is 2. The first-order chi connectivity index (χ1) is 13.2. The SMILES string of the molecule is CCOc1cccc([C@H]2NC(=O)N[C@@](O)(C(F)(F)F)[C@H]2C(=O)c2cccs2)c1. The number of hydrogen-bond acceptors (Lipinski definition) is 5. The van der Waals surface area contributed by atoms with Crippen LogP contribution in [0.15, 0.2) is 41.8 Å². The van der Waals surface area contributed by atoms with Crippen LogP contribution >= 0.6 is 11.3 Å². The number of ether oxygens (including phenoxy) is 1. The van der Waals surface area contributed by atoms with Gasteiger partial charge in [-0.25, -0.2) is 4.79 Å². The Kier molecular flexibility index (Phi) is 5.35. The molecule has 1 saturated heterocycles. The molecule has 0 spiro atoms. The number of urea groups is 1. The zero-order chi connectivity index (χ0) is 20.5. The molecule has 1 aromatic carbocycles. The van der Waals surface area contributed by atoms with Gasteiger partial charge in [-0.15, -0.1) is 11.3 Å². The number of benzene rings is 1. The molecule has 0 unspecified atom stereocenters. The molecule has 3 rings (SSSR count). The second-order valence-corrected chi connectivity index (χ2v) is 7.11. The Morgan fingerprint density at radius 3 is 2.68 bits per heavy atom. The molecule has 28 heavy (non-hydrogen) atoms. The number of aliphatic hydroxyl groups is 1. The fourth-order valence-corrected chi connectivity index (χ4v) is 3.86. The van der Waals surface area contributed by atoms with Crippen LogP contribution in [-0.4, -0.2) is 35.4 Å². The van der Waals surface area contributed by atoms with Crippen molar-refractivity contribution in [1.82, 2.24) is 10.6 Å². The topological polar surface area (TPSA) is 87.7 Å². The molecule has 1 fully saturated rings. The van der Waals surface area contributed by atoms with Crippen LogP contribution in [0.5, 0.6) is 5.75 Å². The number of rotatable bonds is 5. The highest BCUT2D eigenvalue weighted by Gasteiger charge is 2.66. The lowest BCUT2D eigenvalue weighted by molar-refractivity contribution is -0.287. The van der Waals surface area contributed by atoms with E-state index in [0.717, 1.165) is 11.3 Å². The molecule has 2 aromatic rings. The van der Waals surface area contributed by atoms with E-state index in [1.54, 1.807) is 18.4 Å². The molecule has 2 heterocycles. The maximum absolute atomic E-state index is 13.8. The fourth-order valence-electron chi connectivity index (χ4n) is 3.15. The quantitative estimate of drug-likeness (QED) is 0.656. The summed E-state index contributed by atoms with van der Waals surface area (Å²) in [6.07, 6.45) is -5.28. The number of carbonyl (C=O) groups excluding carboxylic acids is 2. The van der Waals surface area contributed by atoms with Gasteiger partial charge in [0.05, 0.1) is 17.5 Å². The minimum absolute atomic E-state index is 0.0385. The van der Waals surface area contributed by atoms with Crippen LogP contribution in [0.1, 0.15) is 28.2 Å². The highest BCUT2D eigenvalue weighted by atomic mass is 32.1. The Labute approximate surface area is 162 Å². The zero-order valence-electron chi connectivity index (χ0n) is 14.6. The lowest BCUT2D eigenvalue weighted by Gasteiger charge is -2.44. The second-order valence-electron chi connectivity index (χ2n) is 6.16. The van der Waals surface area contributed by atoms with Crippen molar-refractivity contribution < 1.29 is 32.6 Å². The molecule has 1 aromatic heterocycles. The number of ketones is 1. The summed E-state index contributed by atoms with van der Waals surface area (Å²) in [5, 5.41) is 15.8. The van der Waals surface area contributed by atoms with E-state index >= 15 is 0 Å². The molecule has 0 bridgehead atoms. The van der Waals surface area contributed by atoms with E-state index in [4.69, 9.17) is 4.74 Å². The largest absolute Gasteiger partial charge is 0.494 e. The summed E-state index contributed by atoms with van der Waals surface area (Å²) in [6, 6.07) is 6.26. The van der Waals surface area contributed by atoms with E-state index in [1.165, 1.54) is 35.6 Å². The number of nitrogens with one attached hydrogen (secondary N) is 2. The van der Waals surface area contributed by atoms with Crippen LogP contribution < -0.4 is 15.4 Å². The van der Waals surface area contributed by atoms with Crippen LogP contribution in [0.3, 0.4) is 0 Å². The minimum atomic E-state index is -5.28. The standard InChI is InChI=1S/C18H17F3N2O4S/c1-2-27-11-6-3-5-10(9-11)14-13(15(24)12-7-4-8-28-12)17(26,18(19,20)21)23-16(25)22-14/h3-9,13-14,26H,2H2,1H3,(H2,22,23,25)/t13-,14-,17+/m1/s1. The summed E-state index contributed by atoms with van der Waals surface area (Å²) in [6.45, 7) is 2.07. The molecule has 2 amide bonds. The summed E-state index contributed by atoms with van der Waals surface area (Å²) >= 11 is 0.952. The van der Waals surface area contributed by atoms with Gasteiger partial charge in [-0.1, -0.05) is 18.2 Å². The van der Waals surface area contributed by atoms with Crippen molar-refractivity contribution in [3.05, 3.63) is 52.2 Å². The minimum Gasteiger partial charge on any atom is -0.494 e. The Bertz CT molecular complexity index is 872. The molecule has 0 saturated carbocycles. The van der Waals surface area contributed by atoms with Crippen LogP contribution in [0.4, 0.5) is 18.0 Å². The average Bonchev–Trinajstić information content (AvgIpc) is 3.15. The van der Waals surface area contributed by atoms with E-state index < -0.39 is 35.7 Å². The molecule has 10 heteroatoms. The smallest absolute Gasteiger partial charge is 0.437 e. The van der Waals surface area contributed by atoms with Crippen molar-refractivity contribution >= 4 is 23.2 Å². The lowest BCUT2D eigenvalue weighted by atomic mass is 9.78. The van der Waals surface area contributed by atoms with Gasteiger partial charge in [-0.05, 0) is 36.1 Å². The summed E-state index contributed by atoms with van der Waals surface area (Å²) in [7, 11) is 0. The Morgan fingerprint density at radius 1 is 1.32 bits per heavy atom. The lowest BCUT2D eigenvalue weighted by Crippen LogP contribution is -2.72. The third-order valence-electron chi connectivity index (χ3n) is 4.38. The number of hydrogen-bond donors (Lipinski definition) is 3. The monoisotopic (exact) mass is 414 g/mol. The van der Waals surface area contributed by atoms with E-state index in [1.807, 2.05) is 0 Å². The molecule has 0 radical (unpaired) electrons. The predicted octanol–water partition coefficient (Wildman–Crippen LogP) is 3.25. The first-order valence-corrected chi connectivity index (χ1v) is 9.23. The Morgan fingerprint density at radius 2 is 2.07 bits per heavy atom. The van der Waals surface area contributed by atoms with Gasteiger partial charge in [-0.3, -0.25) is 4.79 Å². The van der Waals surface area contributed by atoms with Gasteiger partial charge < -0.3 is 20.5 Å². The third-order valence-corrected chi connectivity index (χ3v) is 5.27. The Balaban J connectivity index is 2.13. The third kappa shape index (κ3) is 3.57. The molecule has 1 aliphatic rings. The Hall–Kier alpha value is -2.59. The van der Waals surface area contributed by atoms with Crippen LogP contribution in [0.25, 0.3) is 0 Å². The van der Waals surface area contributed by atoms with Crippen LogP contribution in [-0.2, 0) is 0 Å². The van der Waals surface area contributed by atoms with Crippen molar-refractivity contribution in [2.24, 2.45) is 5.92 Å². The van der Waals surface area contributed by atoms with Gasteiger partial charge in [0.1, 0.15) is 11.7 Å². The molecule has 150 valence electrons. The number of Topliss-reactive ketones (excluding diaryl/α,β-unsaturated/α-hetero) is 1. The fraction of sp³-hybridized carbons (Fsp3) is 0.333. The van der Waals surface area contributed by atoms with E-state index in [9.17, 15) is 27.9 Å². The molecule has 0 aliphatic carbocycles. The molecule has 1 aliphatic heterocycles. The highest BCUT2D eigenvalue weighted by Crippen LogP contribution is 2.44. The van der Waals surface area contributed by atoms with Gasteiger partial charge in [-0.2, -0.15) is 13.2 Å². The normalized spacial score (nSPS) is 25.0. The second kappa shape index (κ2) is 7.44. The predicted molar refractivity (Wildman–Crippen MR) is 95.2 cm³/mol. The molecule has 3 atom stereocenters. The summed E-state index contributed by atoms with van der Waals surface area (Å²) in [5.41, 5.74) is -3.53. The van der Waals surface area contributed by atoms with Gasteiger partial charge in [0.25, 0.3) is 0 Å². The number of amides is 2. The summed E-state index contributed by atoms with van der Waals surface area (Å²) in [4.78, 5) is 24.9. The maximum atomic E-state index is 13.8. The van der Waals surface area contributed by atoms with Crippen LogP contribution in [0, 0.1) is 5.92 Å². The first-order valence-electron chi connectivity index (χ1n) is 8.35. The molecular weight excluding hydrogens is 397 g/mol. The zero-order valence-corrected chi connectivity index (χ0v) is 15.4. The van der Waals surface area contributed by atoms with E-state index in [2.05, 4.69) is 5.32 Å². The molecule has 3 N–H and O–H groups in total. The highest BCUT2D eigenvalue weighted by molar-refractivity contribution is 7.12. The number of halogens is 3. The van der Waals surface area contributed by atoms with Crippen molar-refractivity contribution in [3.8, 4) is 5.75 Å². The van der Waals surface area contributed by atoms with Gasteiger partial charge in [0, 0.05) is 0 Å². The average molecular weight is 414 g/mol. The van der Waals surface area contributed by atoms with Gasteiger partial charge >= 0.3 is 12.2 Å². The maximum Gasteiger partial charge on any atom is 0.437 e. The van der Waals surface area contributed by atoms with Gasteiger partial charge in [0.15, 0.2) is 5.78 Å². The van der Waals surface area contributed by atoms with Crippen molar-refractivity contribution in [1.29, 1.82) is 0 Å². The van der Waals surface area contributed by atoms with E-state index in [0.29, 0.717) is 12.4 Å². The van der Waals surface area contributed by atoms with Gasteiger partial charge in [0.2, 0.25) is 5.72 Å². The van der Waals surface area contributed by atoms with E-state index in [-0.39, 0.29) is 10.4 Å². The van der Waals surface area contributed by atoms with Crippen molar-refractivity contribution in [2.45, 2.75) is 24.9 Å². The number of thiophene rings is 1. The van der Waals surface area contributed by atoms with Crippen molar-refractivity contribution in [3.63, 3.8) is 0 Å². The van der Waals surface area contributed by atoms with Crippen molar-refractivity contribution in [2.75, 3.05) is 6.61 Å². The number of alkyl halides is 3. The van der Waals surface area contributed by atoms with Crippen LogP contribution in [0.2, 0.25) is 0 Å². The first kappa shape index (κ1) is 20.2.